The van der Waals surface area contributed by atoms with Crippen LogP contribution in [0.1, 0.15) is 42.7 Å². The summed E-state index contributed by atoms with van der Waals surface area (Å²) in [7, 11) is 0. The van der Waals surface area contributed by atoms with Gasteiger partial charge in [-0.2, -0.15) is 0 Å². The molecular weight excluding hydrogens is 568 g/mol. The molecule has 2 aliphatic heterocycles. The van der Waals surface area contributed by atoms with E-state index in [1.54, 1.807) is 18.2 Å². The van der Waals surface area contributed by atoms with Gasteiger partial charge in [0, 0.05) is 39.5 Å². The lowest BCUT2D eigenvalue weighted by Crippen LogP contribution is -2.70. The summed E-state index contributed by atoms with van der Waals surface area (Å²) in [6, 6.07) is 7.63. The first kappa shape index (κ1) is 27.4. The average Bonchev–Trinajstić information content (AvgIpc) is 3.33. The number of rotatable bonds is 6. The maximum Gasteiger partial charge on any atom is 0.238 e. The van der Waals surface area contributed by atoms with Crippen molar-refractivity contribution in [2.45, 2.75) is 54.6 Å². The maximum atomic E-state index is 15.8. The van der Waals surface area contributed by atoms with Crippen molar-refractivity contribution in [2.24, 2.45) is 17.1 Å². The molecule has 3 fully saturated rings. The summed E-state index contributed by atoms with van der Waals surface area (Å²) >= 11 is 12.4. The molecule has 0 unspecified atom stereocenters. The third-order valence-electron chi connectivity index (χ3n) is 9.41. The monoisotopic (exact) mass is 594 g/mol. The molecule has 3 atom stereocenters. The molecule has 40 heavy (non-hydrogen) atoms. The Kier molecular flexibility index (Phi) is 6.40. The third-order valence-corrected chi connectivity index (χ3v) is 9.93. The summed E-state index contributed by atoms with van der Waals surface area (Å²) in [5.74, 6) is -3.80. The van der Waals surface area contributed by atoms with Crippen molar-refractivity contribution < 1.29 is 27.6 Å². The fraction of sp³-hybridized carbons (Fsp3) is 0.464. The molecule has 212 valence electrons. The van der Waals surface area contributed by atoms with E-state index in [2.05, 4.69) is 16.0 Å². The SMILES string of the molecule is NC(=O)C1CC(NC(=O)[C@@H]2NC3(CC(CF)(CF)C3)[C@@]3(C(=O)Nc4cc(Cl)ccc43)[C@H]2c2cccc(Cl)c2F)C1. The van der Waals surface area contributed by atoms with Crippen LogP contribution in [0.15, 0.2) is 36.4 Å². The van der Waals surface area contributed by atoms with Gasteiger partial charge >= 0.3 is 0 Å². The first-order valence-electron chi connectivity index (χ1n) is 13.1. The normalized spacial score (nSPS) is 30.9. The van der Waals surface area contributed by atoms with Crippen molar-refractivity contribution in [1.82, 2.24) is 10.6 Å². The molecule has 12 heteroatoms. The summed E-state index contributed by atoms with van der Waals surface area (Å²) in [4.78, 5) is 39.6. The number of alkyl halides is 2. The zero-order valence-corrected chi connectivity index (χ0v) is 22.7. The molecule has 3 amide bonds. The first-order valence-corrected chi connectivity index (χ1v) is 13.8. The van der Waals surface area contributed by atoms with Crippen LogP contribution in [0.2, 0.25) is 10.0 Å². The van der Waals surface area contributed by atoms with Gasteiger partial charge in [0.1, 0.15) is 11.2 Å². The smallest absolute Gasteiger partial charge is 0.238 e. The van der Waals surface area contributed by atoms with Crippen LogP contribution >= 0.6 is 23.2 Å². The standard InChI is InChI=1S/C28H27Cl2F3N4O3/c29-14-4-5-17-19(8-14)36-25(40)28(17)20(16-2-1-3-18(30)21(16)33)22(24(39)35-15-6-13(7-15)23(34)38)37-27(28)9-26(10-27,11-31)12-32/h1-5,8,13,15,20,22,37H,6-7,9-12H2,(H2,34,38)(H,35,39)(H,36,40)/t13?,15?,20-,22+,28+/m0/s1. The van der Waals surface area contributed by atoms with E-state index in [1.807, 2.05) is 0 Å². The quantitative estimate of drug-likeness (QED) is 0.406. The highest BCUT2D eigenvalue weighted by Crippen LogP contribution is 2.68. The molecular formula is C28H27Cl2F3N4O3. The predicted molar refractivity (Wildman–Crippen MR) is 143 cm³/mol. The largest absolute Gasteiger partial charge is 0.369 e. The van der Waals surface area contributed by atoms with Crippen LogP contribution in [0.5, 0.6) is 0 Å². The van der Waals surface area contributed by atoms with E-state index < -0.39 is 65.2 Å². The zero-order chi connectivity index (χ0) is 28.6. The van der Waals surface area contributed by atoms with Crippen LogP contribution in [0.25, 0.3) is 0 Å². The van der Waals surface area contributed by atoms with Crippen molar-refractivity contribution in [3.05, 3.63) is 63.4 Å². The fourth-order valence-electron chi connectivity index (χ4n) is 7.62. The van der Waals surface area contributed by atoms with Gasteiger partial charge in [-0.05, 0) is 55.0 Å². The highest BCUT2D eigenvalue weighted by Gasteiger charge is 2.78. The minimum absolute atomic E-state index is 0.0246. The number of hydrogen-bond acceptors (Lipinski definition) is 4. The summed E-state index contributed by atoms with van der Waals surface area (Å²) in [5, 5.41) is 9.19. The van der Waals surface area contributed by atoms with Gasteiger partial charge in [-0.1, -0.05) is 41.4 Å². The van der Waals surface area contributed by atoms with E-state index in [-0.39, 0.29) is 35.4 Å². The molecule has 0 radical (unpaired) electrons. The Morgan fingerprint density at radius 3 is 2.45 bits per heavy atom. The lowest BCUT2D eigenvalue weighted by molar-refractivity contribution is -0.131. The topological polar surface area (TPSA) is 113 Å². The Hall–Kier alpha value is -2.82. The number of fused-ring (bicyclic) bond motifs is 3. The van der Waals surface area contributed by atoms with Crippen molar-refractivity contribution in [2.75, 3.05) is 18.7 Å². The number of carbonyl (C=O) groups excluding carboxylic acids is 3. The molecule has 2 saturated carbocycles. The number of nitrogens with two attached hydrogens (primary N) is 1. The Labute approximate surface area is 238 Å². The number of hydrogen-bond donors (Lipinski definition) is 4. The molecule has 2 spiro atoms. The first-order chi connectivity index (χ1) is 19.0. The van der Waals surface area contributed by atoms with E-state index >= 15 is 4.39 Å². The van der Waals surface area contributed by atoms with Crippen LogP contribution in [0.4, 0.5) is 18.9 Å². The average molecular weight is 595 g/mol. The van der Waals surface area contributed by atoms with E-state index in [4.69, 9.17) is 28.9 Å². The molecule has 0 bridgehead atoms. The van der Waals surface area contributed by atoms with Gasteiger partial charge in [0.15, 0.2) is 0 Å². The number of amides is 3. The van der Waals surface area contributed by atoms with Gasteiger partial charge in [0.2, 0.25) is 17.7 Å². The predicted octanol–water partition coefficient (Wildman–Crippen LogP) is 3.92. The van der Waals surface area contributed by atoms with E-state index in [0.717, 1.165) is 0 Å². The van der Waals surface area contributed by atoms with Crippen LogP contribution in [0.3, 0.4) is 0 Å². The van der Waals surface area contributed by atoms with Crippen LogP contribution in [-0.4, -0.2) is 48.7 Å². The fourth-order valence-corrected chi connectivity index (χ4v) is 7.97. The van der Waals surface area contributed by atoms with Crippen molar-refractivity contribution in [3.63, 3.8) is 0 Å². The van der Waals surface area contributed by atoms with Crippen LogP contribution < -0.4 is 21.7 Å². The third kappa shape index (κ3) is 3.65. The van der Waals surface area contributed by atoms with Gasteiger partial charge in [0.25, 0.3) is 0 Å². The van der Waals surface area contributed by atoms with E-state index in [0.29, 0.717) is 29.1 Å². The molecule has 6 rings (SSSR count). The molecule has 2 heterocycles. The summed E-state index contributed by atoms with van der Waals surface area (Å²) in [5.41, 5.74) is 1.98. The molecule has 2 aromatic rings. The molecule has 2 aromatic carbocycles. The van der Waals surface area contributed by atoms with Crippen LogP contribution in [0, 0.1) is 17.2 Å². The summed E-state index contributed by atoms with van der Waals surface area (Å²) in [6.07, 6.45) is 0.514. The zero-order valence-electron chi connectivity index (χ0n) is 21.2. The van der Waals surface area contributed by atoms with Crippen molar-refractivity contribution >= 4 is 46.6 Å². The Morgan fingerprint density at radius 1 is 1.10 bits per heavy atom. The molecule has 5 N–H and O–H groups in total. The Bertz CT molecular complexity index is 1420. The molecule has 7 nitrogen and oxygen atoms in total. The number of carbonyl (C=O) groups is 3. The van der Waals surface area contributed by atoms with Crippen LogP contribution in [-0.2, 0) is 19.8 Å². The molecule has 2 aliphatic carbocycles. The number of nitrogens with one attached hydrogen (secondary N) is 3. The number of benzene rings is 2. The van der Waals surface area contributed by atoms with Crippen molar-refractivity contribution in [1.29, 1.82) is 0 Å². The second kappa shape index (κ2) is 9.36. The van der Waals surface area contributed by atoms with Gasteiger partial charge in [-0.25, -0.2) is 4.39 Å². The number of anilines is 1. The lowest BCUT2D eigenvalue weighted by Gasteiger charge is -2.59. The lowest BCUT2D eigenvalue weighted by atomic mass is 9.46. The van der Waals surface area contributed by atoms with Crippen molar-refractivity contribution in [3.8, 4) is 0 Å². The maximum absolute atomic E-state index is 15.8. The minimum atomic E-state index is -1.62. The summed E-state index contributed by atoms with van der Waals surface area (Å²) in [6.45, 7) is -1.91. The summed E-state index contributed by atoms with van der Waals surface area (Å²) < 4.78 is 44.2. The van der Waals surface area contributed by atoms with Gasteiger partial charge in [-0.15, -0.1) is 0 Å². The molecule has 1 saturated heterocycles. The van der Waals surface area contributed by atoms with Gasteiger partial charge < -0.3 is 16.4 Å². The highest BCUT2D eigenvalue weighted by atomic mass is 35.5. The van der Waals surface area contributed by atoms with Gasteiger partial charge in [-0.3, -0.25) is 28.5 Å². The second-order valence-electron chi connectivity index (χ2n) is 11.7. The number of halogens is 5. The molecule has 0 aromatic heterocycles. The minimum Gasteiger partial charge on any atom is -0.369 e. The van der Waals surface area contributed by atoms with E-state index in [1.165, 1.54) is 18.2 Å². The highest BCUT2D eigenvalue weighted by molar-refractivity contribution is 6.31. The molecule has 4 aliphatic rings. The van der Waals surface area contributed by atoms with E-state index in [9.17, 15) is 23.2 Å². The van der Waals surface area contributed by atoms with Gasteiger partial charge in [0.05, 0.1) is 24.4 Å². The number of primary amides is 1. The Morgan fingerprint density at radius 2 is 1.80 bits per heavy atom. The second-order valence-corrected chi connectivity index (χ2v) is 12.5. The Balaban J connectivity index is 1.52.